The van der Waals surface area contributed by atoms with E-state index in [2.05, 4.69) is 5.32 Å². The van der Waals surface area contributed by atoms with Gasteiger partial charge in [0.25, 0.3) is 0 Å². The molecule has 2 unspecified atom stereocenters. The number of morpholine rings is 1. The molecule has 2 aliphatic rings. The quantitative estimate of drug-likeness (QED) is 0.589. The number of carboxylic acid groups (broad SMARTS) is 1. The van der Waals surface area contributed by atoms with Gasteiger partial charge in [0.05, 0.1) is 6.61 Å². The maximum absolute atomic E-state index is 11.5. The number of nitrogens with one attached hydrogen (secondary N) is 1. The second kappa shape index (κ2) is 4.80. The summed E-state index contributed by atoms with van der Waals surface area (Å²) in [7, 11) is 0. The van der Waals surface area contributed by atoms with E-state index >= 15 is 0 Å². The van der Waals surface area contributed by atoms with Crippen LogP contribution in [0.5, 0.6) is 0 Å². The van der Waals surface area contributed by atoms with Crippen LogP contribution in [0.1, 0.15) is 12.8 Å². The second-order valence-electron chi connectivity index (χ2n) is 4.05. The number of nitrogens with zero attached hydrogens (tertiary/aromatic N) is 1. The van der Waals surface area contributed by atoms with Crippen LogP contribution in [0.15, 0.2) is 0 Å². The topological polar surface area (TPSA) is 95.9 Å². The molecule has 0 saturated carbocycles. The van der Waals surface area contributed by atoms with Gasteiger partial charge in [0.15, 0.2) is 6.04 Å². The molecule has 2 amide bonds. The van der Waals surface area contributed by atoms with Gasteiger partial charge in [-0.05, 0) is 0 Å². The Morgan fingerprint density at radius 3 is 2.53 bits per heavy atom. The van der Waals surface area contributed by atoms with Gasteiger partial charge in [-0.15, -0.1) is 0 Å². The summed E-state index contributed by atoms with van der Waals surface area (Å²) in [5.74, 6) is -2.07. The molecule has 0 bridgehead atoms. The Balaban J connectivity index is 2.18. The molecule has 2 rings (SSSR count). The number of aliphatic carboxylic acids is 1. The normalized spacial score (nSPS) is 27.3. The molecular weight excluding hydrogens is 228 g/mol. The van der Waals surface area contributed by atoms with Crippen LogP contribution in [-0.4, -0.2) is 59.6 Å². The van der Waals surface area contributed by atoms with Crippen molar-refractivity contribution in [3.63, 3.8) is 0 Å². The minimum absolute atomic E-state index is 0.0861. The zero-order valence-electron chi connectivity index (χ0n) is 9.22. The molecule has 0 aliphatic carbocycles. The number of carboxylic acids is 1. The van der Waals surface area contributed by atoms with Crippen molar-refractivity contribution in [2.45, 2.75) is 25.0 Å². The fraction of sp³-hybridized carbons (Fsp3) is 0.700. The minimum atomic E-state index is -1.22. The van der Waals surface area contributed by atoms with Crippen LogP contribution in [0, 0.1) is 0 Å². The van der Waals surface area contributed by atoms with Crippen molar-refractivity contribution in [2.24, 2.45) is 0 Å². The third kappa shape index (κ3) is 2.29. The average molecular weight is 242 g/mol. The summed E-state index contributed by atoms with van der Waals surface area (Å²) in [6.07, 6.45) is -0.502. The first-order valence-electron chi connectivity index (χ1n) is 5.51. The van der Waals surface area contributed by atoms with E-state index in [9.17, 15) is 14.4 Å². The second-order valence-corrected chi connectivity index (χ2v) is 4.05. The largest absolute Gasteiger partial charge is 0.480 e. The molecule has 94 valence electrons. The molecule has 0 spiro atoms. The Bertz CT molecular complexity index is 335. The number of likely N-dealkylation sites (tertiary alicyclic amines) is 1. The molecule has 2 N–H and O–H groups in total. The summed E-state index contributed by atoms with van der Waals surface area (Å²) < 4.78 is 5.32. The van der Waals surface area contributed by atoms with E-state index in [-0.39, 0.29) is 12.8 Å². The Morgan fingerprint density at radius 2 is 2.06 bits per heavy atom. The summed E-state index contributed by atoms with van der Waals surface area (Å²) in [5.41, 5.74) is 0. The van der Waals surface area contributed by atoms with Crippen LogP contribution < -0.4 is 5.32 Å². The predicted molar refractivity (Wildman–Crippen MR) is 55.1 cm³/mol. The van der Waals surface area contributed by atoms with Crippen LogP contribution in [0.3, 0.4) is 0 Å². The first-order valence-corrected chi connectivity index (χ1v) is 5.51. The van der Waals surface area contributed by atoms with E-state index in [1.807, 2.05) is 0 Å². The number of hydrogen-bond acceptors (Lipinski definition) is 5. The molecule has 17 heavy (non-hydrogen) atoms. The van der Waals surface area contributed by atoms with Gasteiger partial charge in [-0.2, -0.15) is 0 Å². The highest BCUT2D eigenvalue weighted by molar-refractivity contribution is 6.05. The first kappa shape index (κ1) is 12.0. The smallest absolute Gasteiger partial charge is 0.329 e. The highest BCUT2D eigenvalue weighted by atomic mass is 16.5. The Labute approximate surface area is 97.7 Å². The van der Waals surface area contributed by atoms with Gasteiger partial charge in [0.2, 0.25) is 11.8 Å². The summed E-state index contributed by atoms with van der Waals surface area (Å²) in [5, 5.41) is 12.2. The molecule has 0 aromatic carbocycles. The number of carbonyl (C=O) groups is 3. The molecule has 0 aromatic heterocycles. The lowest BCUT2D eigenvalue weighted by Gasteiger charge is -2.32. The van der Waals surface area contributed by atoms with Gasteiger partial charge in [0, 0.05) is 25.9 Å². The van der Waals surface area contributed by atoms with Gasteiger partial charge < -0.3 is 15.2 Å². The monoisotopic (exact) mass is 242 g/mol. The fourth-order valence-electron chi connectivity index (χ4n) is 2.13. The van der Waals surface area contributed by atoms with E-state index < -0.39 is 29.9 Å². The molecule has 7 heteroatoms. The third-order valence-corrected chi connectivity index (χ3v) is 2.93. The summed E-state index contributed by atoms with van der Waals surface area (Å²) in [6.45, 7) is 1.35. The van der Waals surface area contributed by atoms with E-state index in [1.54, 1.807) is 0 Å². The maximum atomic E-state index is 11.5. The van der Waals surface area contributed by atoms with E-state index in [0.717, 1.165) is 4.90 Å². The lowest BCUT2D eigenvalue weighted by Crippen LogP contribution is -2.57. The standard InChI is InChI=1S/C10H14N2O5/c13-7-1-2-8(14)12(7)9(10(15)16)6-5-11-3-4-17-6/h6,9,11H,1-5H2,(H,15,16). The average Bonchev–Trinajstić information content (AvgIpc) is 2.62. The molecular formula is C10H14N2O5. The Hall–Kier alpha value is -1.47. The Kier molecular flexibility index (Phi) is 3.39. The molecule has 7 nitrogen and oxygen atoms in total. The van der Waals surface area contributed by atoms with Crippen molar-refractivity contribution >= 4 is 17.8 Å². The van der Waals surface area contributed by atoms with Crippen LogP contribution in [0.25, 0.3) is 0 Å². The Morgan fingerprint density at radius 1 is 1.41 bits per heavy atom. The van der Waals surface area contributed by atoms with Crippen LogP contribution >= 0.6 is 0 Å². The number of hydrogen-bond donors (Lipinski definition) is 2. The zero-order chi connectivity index (χ0) is 12.4. The number of amides is 2. The van der Waals surface area contributed by atoms with Crippen molar-refractivity contribution in [3.8, 4) is 0 Å². The van der Waals surface area contributed by atoms with Crippen LogP contribution in [0.2, 0.25) is 0 Å². The van der Waals surface area contributed by atoms with Crippen molar-refractivity contribution in [3.05, 3.63) is 0 Å². The highest BCUT2D eigenvalue weighted by Crippen LogP contribution is 2.20. The van der Waals surface area contributed by atoms with Crippen LogP contribution in [-0.2, 0) is 19.1 Å². The lowest BCUT2D eigenvalue weighted by atomic mass is 10.1. The molecule has 2 fully saturated rings. The number of imide groups is 1. The summed E-state index contributed by atoms with van der Waals surface area (Å²) >= 11 is 0. The molecule has 2 heterocycles. The van der Waals surface area contributed by atoms with E-state index in [0.29, 0.717) is 19.7 Å². The summed E-state index contributed by atoms with van der Waals surface area (Å²) in [6, 6.07) is -1.22. The minimum Gasteiger partial charge on any atom is -0.480 e. The molecule has 2 aliphatic heterocycles. The van der Waals surface area contributed by atoms with E-state index in [4.69, 9.17) is 9.84 Å². The predicted octanol–water partition coefficient (Wildman–Crippen LogP) is -1.42. The number of ether oxygens (including phenoxy) is 1. The molecule has 2 saturated heterocycles. The zero-order valence-corrected chi connectivity index (χ0v) is 9.22. The molecule has 0 aromatic rings. The number of rotatable bonds is 3. The molecule has 2 atom stereocenters. The van der Waals surface area contributed by atoms with Gasteiger partial charge in [-0.25, -0.2) is 4.79 Å². The van der Waals surface area contributed by atoms with Crippen molar-refractivity contribution in [2.75, 3.05) is 19.7 Å². The van der Waals surface area contributed by atoms with Crippen molar-refractivity contribution in [1.82, 2.24) is 10.2 Å². The van der Waals surface area contributed by atoms with Gasteiger partial charge >= 0.3 is 5.97 Å². The van der Waals surface area contributed by atoms with Gasteiger partial charge in [0.1, 0.15) is 6.10 Å². The number of carbonyl (C=O) groups excluding carboxylic acids is 2. The van der Waals surface area contributed by atoms with Crippen molar-refractivity contribution < 1.29 is 24.2 Å². The third-order valence-electron chi connectivity index (χ3n) is 2.93. The molecule has 0 radical (unpaired) electrons. The van der Waals surface area contributed by atoms with Crippen LogP contribution in [0.4, 0.5) is 0 Å². The van der Waals surface area contributed by atoms with Gasteiger partial charge in [-0.1, -0.05) is 0 Å². The highest BCUT2D eigenvalue weighted by Gasteiger charge is 2.44. The first-order chi connectivity index (χ1) is 8.11. The van der Waals surface area contributed by atoms with Crippen molar-refractivity contribution in [1.29, 1.82) is 0 Å². The maximum Gasteiger partial charge on any atom is 0.329 e. The van der Waals surface area contributed by atoms with Gasteiger partial charge in [-0.3, -0.25) is 14.5 Å². The lowest BCUT2D eigenvalue weighted by molar-refractivity contribution is -0.162. The SMILES string of the molecule is O=C(O)C(C1CNCCO1)N1C(=O)CCC1=O. The van der Waals surface area contributed by atoms with E-state index in [1.165, 1.54) is 0 Å². The fourth-order valence-corrected chi connectivity index (χ4v) is 2.13. The summed E-state index contributed by atoms with van der Waals surface area (Å²) in [4.78, 5) is 35.1.